The van der Waals surface area contributed by atoms with Crippen molar-refractivity contribution in [2.45, 2.75) is 83.5 Å². The zero-order valence-corrected chi connectivity index (χ0v) is 20.6. The molecule has 4 rings (SSSR count). The number of rotatable bonds is 6. The molecule has 0 heterocycles. The van der Waals surface area contributed by atoms with Crippen LogP contribution in [0.1, 0.15) is 64.0 Å². The fourth-order valence-corrected chi connectivity index (χ4v) is 6.33. The van der Waals surface area contributed by atoms with Crippen molar-refractivity contribution in [2.75, 3.05) is 13.7 Å². The number of allylic oxidation sites excluding steroid dienone is 2. The van der Waals surface area contributed by atoms with Crippen LogP contribution in [0, 0.1) is 11.3 Å². The van der Waals surface area contributed by atoms with Crippen molar-refractivity contribution >= 4 is 20.2 Å². The second-order valence-electron chi connectivity index (χ2n) is 10.4. The van der Waals surface area contributed by atoms with E-state index in [0.717, 1.165) is 55.6 Å². The van der Waals surface area contributed by atoms with Gasteiger partial charge < -0.3 is 9.47 Å². The number of carbonyl (C=O) groups excluding carboxylic acids is 1. The van der Waals surface area contributed by atoms with E-state index in [-0.39, 0.29) is 16.6 Å². The monoisotopic (exact) mass is 425 g/mol. The van der Waals surface area contributed by atoms with Gasteiger partial charge in [0.15, 0.2) is 5.78 Å². The Bertz CT molecular complexity index is 869. The van der Waals surface area contributed by atoms with Crippen molar-refractivity contribution in [3.05, 3.63) is 34.9 Å². The molecule has 3 nitrogen and oxygen atoms in total. The molecule has 0 bridgehead atoms. The quantitative estimate of drug-likeness (QED) is 0.517. The van der Waals surface area contributed by atoms with Gasteiger partial charge in [-0.2, -0.15) is 0 Å². The first-order valence-corrected chi connectivity index (χ1v) is 14.1. The van der Waals surface area contributed by atoms with E-state index in [2.05, 4.69) is 46.0 Å². The molecule has 0 N–H and O–H groups in total. The molecule has 3 aliphatic rings. The van der Waals surface area contributed by atoms with Gasteiger partial charge in [-0.1, -0.05) is 45.5 Å². The van der Waals surface area contributed by atoms with Crippen LogP contribution in [0.15, 0.2) is 23.8 Å². The zero-order valence-electron chi connectivity index (χ0n) is 19.6. The molecule has 1 saturated carbocycles. The number of benzene rings is 1. The number of fused-ring (bicyclic) bond motifs is 4. The molecule has 0 amide bonds. The number of hydrogen-bond acceptors (Lipinski definition) is 3. The highest BCUT2D eigenvalue weighted by Gasteiger charge is 2.56. The van der Waals surface area contributed by atoms with Gasteiger partial charge in [0.2, 0.25) is 0 Å². The third-order valence-corrected chi connectivity index (χ3v) is 11.3. The first-order chi connectivity index (χ1) is 14.2. The number of carbonyl (C=O) groups is 1. The topological polar surface area (TPSA) is 35.5 Å². The molecule has 1 radical (unpaired) electrons. The molecule has 0 spiro atoms. The molecule has 0 aromatic heterocycles. The fraction of sp³-hybridized carbons (Fsp3) is 0.654. The number of hydrogen-bond donors (Lipinski definition) is 0. The number of ether oxygens (including phenoxy) is 2. The van der Waals surface area contributed by atoms with Crippen LogP contribution < -0.4 is 4.74 Å². The van der Waals surface area contributed by atoms with Crippen LogP contribution in [0.25, 0.3) is 5.57 Å². The Morgan fingerprint density at radius 1 is 1.20 bits per heavy atom. The summed E-state index contributed by atoms with van der Waals surface area (Å²) in [5, 5.41) is 0.254. The SMILES string of the molecule is CC[C@]12CC(=O)C3=C(CCc4cc(OC)ccc43)[C@@H]1CC[C@@H]2OCC(C)(C)[Si](C)C. The predicted octanol–water partition coefficient (Wildman–Crippen LogP) is 6.09. The smallest absolute Gasteiger partial charge is 0.164 e. The molecule has 1 aromatic rings. The molecule has 163 valence electrons. The van der Waals surface area contributed by atoms with E-state index in [9.17, 15) is 4.79 Å². The maximum absolute atomic E-state index is 13.6. The van der Waals surface area contributed by atoms with Gasteiger partial charge in [0.05, 0.1) is 22.0 Å². The van der Waals surface area contributed by atoms with Crippen molar-refractivity contribution in [3.63, 3.8) is 0 Å². The predicted molar refractivity (Wildman–Crippen MR) is 125 cm³/mol. The van der Waals surface area contributed by atoms with E-state index in [0.29, 0.717) is 18.1 Å². The van der Waals surface area contributed by atoms with Gasteiger partial charge in [0.25, 0.3) is 0 Å². The highest BCUT2D eigenvalue weighted by molar-refractivity contribution is 6.59. The van der Waals surface area contributed by atoms with Crippen molar-refractivity contribution in [1.29, 1.82) is 0 Å². The van der Waals surface area contributed by atoms with Crippen LogP contribution >= 0.6 is 0 Å². The highest BCUT2D eigenvalue weighted by Crippen LogP contribution is 2.59. The lowest BCUT2D eigenvalue weighted by Gasteiger charge is -2.46. The minimum Gasteiger partial charge on any atom is -0.497 e. The van der Waals surface area contributed by atoms with Crippen molar-refractivity contribution in [3.8, 4) is 5.75 Å². The molecule has 1 fully saturated rings. The average Bonchev–Trinajstić information content (AvgIpc) is 3.10. The summed E-state index contributed by atoms with van der Waals surface area (Å²) in [5.41, 5.74) is 4.86. The fourth-order valence-electron chi connectivity index (χ4n) is 5.96. The highest BCUT2D eigenvalue weighted by atomic mass is 28.3. The van der Waals surface area contributed by atoms with E-state index < -0.39 is 8.80 Å². The zero-order chi connectivity index (χ0) is 21.7. The third kappa shape index (κ3) is 3.40. The lowest BCUT2D eigenvalue weighted by Crippen LogP contribution is -2.44. The van der Waals surface area contributed by atoms with Crippen molar-refractivity contribution in [2.24, 2.45) is 11.3 Å². The first kappa shape index (κ1) is 21.8. The Morgan fingerprint density at radius 2 is 1.97 bits per heavy atom. The molecule has 1 aromatic carbocycles. The maximum atomic E-state index is 13.6. The Kier molecular flexibility index (Phi) is 5.78. The van der Waals surface area contributed by atoms with Crippen LogP contribution in [-0.2, 0) is 16.0 Å². The van der Waals surface area contributed by atoms with Crippen LogP contribution in [0.3, 0.4) is 0 Å². The van der Waals surface area contributed by atoms with Gasteiger partial charge in [-0.05, 0) is 66.3 Å². The van der Waals surface area contributed by atoms with E-state index in [1.807, 2.05) is 6.07 Å². The summed E-state index contributed by atoms with van der Waals surface area (Å²) in [7, 11) is 1.27. The Labute approximate surface area is 183 Å². The second kappa shape index (κ2) is 7.94. The molecule has 0 unspecified atom stereocenters. The standard InChI is InChI=1S/C26H37O3Si/c1-7-26-15-22(27)24-19-11-9-18(28-4)14-17(19)8-10-20(24)21(26)12-13-23(26)29-16-25(2,3)30(5)6/h9,11,14,21,23H,7-8,10,12-13,15-16H2,1-6H3/t21-,23-,26-/m0/s1. The van der Waals surface area contributed by atoms with Crippen LogP contribution in [0.2, 0.25) is 18.1 Å². The molecule has 0 aliphatic heterocycles. The van der Waals surface area contributed by atoms with Gasteiger partial charge in [-0.15, -0.1) is 0 Å². The minimum absolute atomic E-state index is 0.00957. The summed E-state index contributed by atoms with van der Waals surface area (Å²) >= 11 is 0. The van der Waals surface area contributed by atoms with Crippen molar-refractivity contribution in [1.82, 2.24) is 0 Å². The summed E-state index contributed by atoms with van der Waals surface area (Å²) < 4.78 is 12.1. The lowest BCUT2D eigenvalue weighted by atomic mass is 9.60. The summed E-state index contributed by atoms with van der Waals surface area (Å²) in [6, 6.07) is 6.23. The Balaban J connectivity index is 1.67. The van der Waals surface area contributed by atoms with Crippen LogP contribution in [0.5, 0.6) is 5.75 Å². The lowest BCUT2D eigenvalue weighted by molar-refractivity contribution is -0.122. The summed E-state index contributed by atoms with van der Waals surface area (Å²) in [6.45, 7) is 12.5. The number of ketones is 1. The average molecular weight is 426 g/mol. The van der Waals surface area contributed by atoms with Crippen LogP contribution in [0.4, 0.5) is 0 Å². The first-order valence-electron chi connectivity index (χ1n) is 11.6. The summed E-state index contributed by atoms with van der Waals surface area (Å²) in [4.78, 5) is 13.6. The molecule has 30 heavy (non-hydrogen) atoms. The number of Topliss-reactive ketones (excluding diaryl/α,β-unsaturated/α-hetero) is 1. The van der Waals surface area contributed by atoms with E-state index in [4.69, 9.17) is 9.47 Å². The molecular formula is C26H37O3Si. The van der Waals surface area contributed by atoms with Gasteiger partial charge >= 0.3 is 0 Å². The third-order valence-electron chi connectivity index (χ3n) is 8.47. The van der Waals surface area contributed by atoms with Crippen LogP contribution in [-0.4, -0.2) is 34.4 Å². The molecule has 3 atom stereocenters. The normalized spacial score (nSPS) is 28.4. The van der Waals surface area contributed by atoms with E-state index in [1.165, 1.54) is 11.1 Å². The van der Waals surface area contributed by atoms with Gasteiger partial charge in [-0.3, -0.25) is 4.79 Å². The molecular weight excluding hydrogens is 388 g/mol. The Morgan fingerprint density at radius 3 is 2.63 bits per heavy atom. The van der Waals surface area contributed by atoms with E-state index >= 15 is 0 Å². The maximum Gasteiger partial charge on any atom is 0.164 e. The minimum atomic E-state index is -0.437. The van der Waals surface area contributed by atoms with E-state index in [1.54, 1.807) is 7.11 Å². The van der Waals surface area contributed by atoms with Gasteiger partial charge in [0, 0.05) is 24.0 Å². The second-order valence-corrected chi connectivity index (χ2v) is 13.8. The van der Waals surface area contributed by atoms with Gasteiger partial charge in [-0.25, -0.2) is 0 Å². The van der Waals surface area contributed by atoms with Crippen molar-refractivity contribution < 1.29 is 14.3 Å². The largest absolute Gasteiger partial charge is 0.497 e. The van der Waals surface area contributed by atoms with Gasteiger partial charge in [0.1, 0.15) is 5.75 Å². The summed E-state index contributed by atoms with van der Waals surface area (Å²) in [6.07, 6.45) is 6.13. The molecule has 3 aliphatic carbocycles. The Hall–Kier alpha value is -1.39. The number of aryl methyl sites for hydroxylation is 1. The molecule has 0 saturated heterocycles. The summed E-state index contributed by atoms with van der Waals surface area (Å²) in [5.74, 6) is 1.71. The number of methoxy groups -OCH3 is 1. The molecule has 4 heteroatoms.